The summed E-state index contributed by atoms with van der Waals surface area (Å²) in [6.45, 7) is 1.97. The Morgan fingerprint density at radius 3 is 2.35 bits per heavy atom. The van der Waals surface area contributed by atoms with Crippen LogP contribution in [0, 0.1) is 0 Å². The Morgan fingerprint density at radius 1 is 1.06 bits per heavy atom. The highest BCUT2D eigenvalue weighted by molar-refractivity contribution is 9.10. The van der Waals surface area contributed by atoms with Gasteiger partial charge in [-0.2, -0.15) is 5.10 Å². The van der Waals surface area contributed by atoms with Crippen LogP contribution in [0.2, 0.25) is 0 Å². The van der Waals surface area contributed by atoms with Crippen LogP contribution in [0.4, 0.5) is 0 Å². The van der Waals surface area contributed by atoms with E-state index in [1.54, 1.807) is 4.52 Å². The minimum atomic E-state index is -0.517. The summed E-state index contributed by atoms with van der Waals surface area (Å²) in [4.78, 5) is 15.7. The van der Waals surface area contributed by atoms with Gasteiger partial charge in [0.15, 0.2) is 5.69 Å². The molecule has 1 aliphatic heterocycles. The first-order chi connectivity index (χ1) is 15.1. The molecule has 0 radical (unpaired) electrons. The lowest BCUT2D eigenvalue weighted by atomic mass is 9.92. The van der Waals surface area contributed by atoms with Crippen molar-refractivity contribution in [1.82, 2.24) is 19.9 Å². The maximum Gasteiger partial charge on any atom is 0.269 e. The number of nitrogens with two attached hydrogens (primary N) is 1. The fourth-order valence-electron chi connectivity index (χ4n) is 4.14. The van der Waals surface area contributed by atoms with Gasteiger partial charge in [0, 0.05) is 15.6 Å². The van der Waals surface area contributed by atoms with Crippen LogP contribution in [0.1, 0.15) is 34.8 Å². The lowest BCUT2D eigenvalue weighted by Gasteiger charge is -2.21. The smallest absolute Gasteiger partial charge is 0.269 e. The van der Waals surface area contributed by atoms with E-state index < -0.39 is 5.91 Å². The summed E-state index contributed by atoms with van der Waals surface area (Å²) in [6.07, 6.45) is 3.95. The van der Waals surface area contributed by atoms with Crippen LogP contribution in [0.25, 0.3) is 16.9 Å². The highest BCUT2D eigenvalue weighted by Gasteiger charge is 2.25. The van der Waals surface area contributed by atoms with Gasteiger partial charge in [0.1, 0.15) is 17.1 Å². The second-order valence-electron chi connectivity index (χ2n) is 7.68. The fourth-order valence-corrected chi connectivity index (χ4v) is 4.40. The average Bonchev–Trinajstić information content (AvgIpc) is 3.36. The molecule has 1 fully saturated rings. The van der Waals surface area contributed by atoms with E-state index in [9.17, 15) is 4.79 Å². The lowest BCUT2D eigenvalue weighted by molar-refractivity contribution is 0.0994. The molecule has 0 bridgehead atoms. The molecule has 0 atom stereocenters. The Labute approximate surface area is 187 Å². The van der Waals surface area contributed by atoms with Gasteiger partial charge in [0.2, 0.25) is 0 Å². The number of nitrogens with zero attached hydrogens (tertiary/aromatic N) is 2. The topological polar surface area (TPSA) is 97.4 Å². The van der Waals surface area contributed by atoms with Gasteiger partial charge >= 0.3 is 0 Å². The van der Waals surface area contributed by atoms with E-state index in [-0.39, 0.29) is 0 Å². The summed E-state index contributed by atoms with van der Waals surface area (Å²) >= 11 is 3.42. The van der Waals surface area contributed by atoms with Crippen molar-refractivity contribution in [2.45, 2.75) is 18.8 Å². The number of carbonyl (C=O) groups is 1. The van der Waals surface area contributed by atoms with Crippen molar-refractivity contribution in [3.8, 4) is 22.8 Å². The molecule has 2 aromatic carbocycles. The van der Waals surface area contributed by atoms with Gasteiger partial charge in [-0.05, 0) is 80.4 Å². The highest BCUT2D eigenvalue weighted by atomic mass is 79.9. The summed E-state index contributed by atoms with van der Waals surface area (Å²) in [7, 11) is 0. The molecule has 2 aromatic heterocycles. The highest BCUT2D eigenvalue weighted by Crippen LogP contribution is 2.33. The number of rotatable bonds is 5. The van der Waals surface area contributed by atoms with Gasteiger partial charge in [-0.1, -0.05) is 15.9 Å². The molecule has 3 heterocycles. The number of H-pyrrole nitrogens is 1. The van der Waals surface area contributed by atoms with Crippen molar-refractivity contribution in [2.75, 3.05) is 13.1 Å². The number of hydrogen-bond acceptors (Lipinski definition) is 4. The third kappa shape index (κ3) is 3.84. The standard InChI is InChI=1S/C23H22BrN5O2/c24-16-3-7-18(8-4-16)31-17-5-1-15(2-6-17)20-21(22(25)30)29-23(28-20)19(13-27-29)14-9-11-26-12-10-14/h1-8,13-14,26,28H,9-12H2,(H2,25,30). The molecule has 0 saturated carbocycles. The Balaban J connectivity index is 1.48. The number of aromatic amines is 1. The molecular weight excluding hydrogens is 458 g/mol. The molecule has 1 amide bonds. The molecule has 1 saturated heterocycles. The molecule has 4 N–H and O–H groups in total. The predicted molar refractivity (Wildman–Crippen MR) is 123 cm³/mol. The Hall–Kier alpha value is -3.10. The van der Waals surface area contributed by atoms with Crippen LogP contribution in [0.5, 0.6) is 11.5 Å². The Morgan fingerprint density at radius 2 is 1.71 bits per heavy atom. The van der Waals surface area contributed by atoms with Gasteiger partial charge < -0.3 is 20.8 Å². The van der Waals surface area contributed by atoms with Crippen molar-refractivity contribution < 1.29 is 9.53 Å². The summed E-state index contributed by atoms with van der Waals surface area (Å²) in [6, 6.07) is 15.2. The van der Waals surface area contributed by atoms with E-state index in [1.165, 1.54) is 0 Å². The Kier molecular flexibility index (Phi) is 5.25. The maximum atomic E-state index is 12.3. The largest absolute Gasteiger partial charge is 0.457 e. The molecule has 1 aliphatic rings. The van der Waals surface area contributed by atoms with Gasteiger partial charge in [0.05, 0.1) is 11.9 Å². The average molecular weight is 480 g/mol. The molecule has 4 aromatic rings. The minimum Gasteiger partial charge on any atom is -0.457 e. The van der Waals surface area contributed by atoms with E-state index in [0.717, 1.165) is 52.9 Å². The van der Waals surface area contributed by atoms with E-state index in [0.29, 0.717) is 23.1 Å². The van der Waals surface area contributed by atoms with Crippen LogP contribution in [0.15, 0.2) is 59.2 Å². The van der Waals surface area contributed by atoms with Crippen LogP contribution >= 0.6 is 15.9 Å². The third-order valence-corrected chi connectivity index (χ3v) is 6.22. The van der Waals surface area contributed by atoms with Gasteiger partial charge in [-0.15, -0.1) is 0 Å². The zero-order chi connectivity index (χ0) is 21.4. The van der Waals surface area contributed by atoms with Crippen molar-refractivity contribution in [3.63, 3.8) is 0 Å². The van der Waals surface area contributed by atoms with E-state index in [2.05, 4.69) is 31.3 Å². The second-order valence-corrected chi connectivity index (χ2v) is 8.59. The zero-order valence-electron chi connectivity index (χ0n) is 16.8. The number of halogens is 1. The molecular formula is C23H22BrN5O2. The SMILES string of the molecule is NC(=O)c1c(-c2ccc(Oc3ccc(Br)cc3)cc2)[nH]c2c(C3CCNCC3)cnn12. The first kappa shape index (κ1) is 19.8. The van der Waals surface area contributed by atoms with Gasteiger partial charge in [0.25, 0.3) is 5.91 Å². The molecule has 8 heteroatoms. The third-order valence-electron chi connectivity index (χ3n) is 5.69. The summed E-state index contributed by atoms with van der Waals surface area (Å²) in [5.74, 6) is 1.35. The fraction of sp³-hybridized carbons (Fsp3) is 0.217. The maximum absolute atomic E-state index is 12.3. The van der Waals surface area contributed by atoms with E-state index in [4.69, 9.17) is 10.5 Å². The molecule has 5 rings (SSSR count). The van der Waals surface area contributed by atoms with Crippen LogP contribution < -0.4 is 15.8 Å². The number of amides is 1. The summed E-state index contributed by atoms with van der Waals surface area (Å²) in [5, 5.41) is 7.86. The molecule has 0 unspecified atom stereocenters. The number of ether oxygens (including phenoxy) is 1. The molecule has 0 spiro atoms. The molecule has 7 nitrogen and oxygen atoms in total. The monoisotopic (exact) mass is 479 g/mol. The number of aromatic nitrogens is 3. The summed E-state index contributed by atoms with van der Waals surface area (Å²) < 4.78 is 8.53. The second kappa shape index (κ2) is 8.20. The normalized spacial score (nSPS) is 14.7. The minimum absolute atomic E-state index is 0.358. The van der Waals surface area contributed by atoms with Crippen molar-refractivity contribution in [1.29, 1.82) is 0 Å². The van der Waals surface area contributed by atoms with E-state index in [1.807, 2.05) is 54.7 Å². The first-order valence-electron chi connectivity index (χ1n) is 10.2. The van der Waals surface area contributed by atoms with Crippen molar-refractivity contribution in [2.24, 2.45) is 5.73 Å². The molecule has 0 aliphatic carbocycles. The number of piperidine rings is 1. The van der Waals surface area contributed by atoms with E-state index >= 15 is 0 Å². The lowest BCUT2D eigenvalue weighted by Crippen LogP contribution is -2.26. The van der Waals surface area contributed by atoms with Crippen molar-refractivity contribution in [3.05, 3.63) is 70.5 Å². The molecule has 31 heavy (non-hydrogen) atoms. The van der Waals surface area contributed by atoms with Gasteiger partial charge in [-0.25, -0.2) is 4.52 Å². The van der Waals surface area contributed by atoms with Crippen LogP contribution in [-0.2, 0) is 0 Å². The Bertz CT molecular complexity index is 1220. The number of imidazole rings is 1. The first-order valence-corrected chi connectivity index (χ1v) is 11.0. The summed E-state index contributed by atoms with van der Waals surface area (Å²) in [5.41, 5.74) is 9.58. The number of carbonyl (C=O) groups excluding carboxylic acids is 1. The van der Waals surface area contributed by atoms with Crippen LogP contribution in [-0.4, -0.2) is 33.6 Å². The number of benzene rings is 2. The van der Waals surface area contributed by atoms with Gasteiger partial charge in [-0.3, -0.25) is 4.79 Å². The van der Waals surface area contributed by atoms with Crippen LogP contribution in [0.3, 0.4) is 0 Å². The van der Waals surface area contributed by atoms with Crippen molar-refractivity contribution >= 4 is 27.5 Å². The number of fused-ring (bicyclic) bond motifs is 1. The number of primary amides is 1. The number of hydrogen-bond donors (Lipinski definition) is 3. The number of nitrogens with one attached hydrogen (secondary N) is 2. The molecule has 158 valence electrons. The quantitative estimate of drug-likeness (QED) is 0.393. The predicted octanol–water partition coefficient (Wildman–Crippen LogP) is 4.45. The zero-order valence-corrected chi connectivity index (χ0v) is 18.4.